The minimum Gasteiger partial charge on any atom is -0.497 e. The maximum Gasteiger partial charge on any atom is 0.226 e. The Kier molecular flexibility index (Phi) is 6.73. The lowest BCUT2D eigenvalue weighted by Crippen LogP contribution is -2.43. The van der Waals surface area contributed by atoms with Crippen LogP contribution in [0.2, 0.25) is 0 Å². The lowest BCUT2D eigenvalue weighted by Gasteiger charge is -2.38. The molecule has 2 aromatic carbocycles. The molecule has 1 aliphatic rings. The molecule has 3 aromatic rings. The topological polar surface area (TPSA) is 54.6 Å². The SMILES string of the molecule is CCCC(CCC)C(=O)N1CCc2c([nH]c3ccc(OC)cc23)C1c1ccccc1OC. The van der Waals surface area contributed by atoms with Crippen LogP contribution in [-0.4, -0.2) is 36.6 Å². The number of carbonyl (C=O) groups is 1. The number of rotatable bonds is 8. The standard InChI is InChI=1S/C27H34N2O3/c1-5-9-18(10-6-2)27(30)29-16-15-20-22-17-19(31-3)13-14-23(22)28-25(20)26(29)21-11-7-8-12-24(21)32-4/h7-8,11-14,17-18,26,28H,5-6,9-10,15-16H2,1-4H3. The lowest BCUT2D eigenvalue weighted by atomic mass is 9.89. The quantitative estimate of drug-likeness (QED) is 0.482. The molecule has 0 fully saturated rings. The Balaban J connectivity index is 1.86. The fraction of sp³-hybridized carbons (Fsp3) is 0.444. The van der Waals surface area contributed by atoms with Crippen molar-refractivity contribution in [3.05, 3.63) is 59.3 Å². The molecule has 5 heteroatoms. The van der Waals surface area contributed by atoms with Crippen LogP contribution in [0.25, 0.3) is 10.9 Å². The molecule has 1 N–H and O–H groups in total. The number of nitrogens with zero attached hydrogens (tertiary/aromatic N) is 1. The summed E-state index contributed by atoms with van der Waals surface area (Å²) in [5.74, 6) is 1.97. The summed E-state index contributed by atoms with van der Waals surface area (Å²) in [6, 6.07) is 14.0. The van der Waals surface area contributed by atoms with E-state index in [1.807, 2.05) is 24.3 Å². The molecule has 4 rings (SSSR count). The van der Waals surface area contributed by atoms with Crippen molar-refractivity contribution >= 4 is 16.8 Å². The van der Waals surface area contributed by atoms with Gasteiger partial charge in [0.05, 0.1) is 14.2 Å². The number of hydrogen-bond donors (Lipinski definition) is 1. The van der Waals surface area contributed by atoms with E-state index in [0.717, 1.165) is 60.4 Å². The molecular weight excluding hydrogens is 400 g/mol. The van der Waals surface area contributed by atoms with Crippen LogP contribution in [0.15, 0.2) is 42.5 Å². The third-order valence-electron chi connectivity index (χ3n) is 6.67. The fourth-order valence-electron chi connectivity index (χ4n) is 5.17. The highest BCUT2D eigenvalue weighted by molar-refractivity contribution is 5.88. The molecular formula is C27H34N2O3. The third-order valence-corrected chi connectivity index (χ3v) is 6.67. The van der Waals surface area contributed by atoms with Crippen molar-refractivity contribution in [3.8, 4) is 11.5 Å². The number of carbonyl (C=O) groups excluding carboxylic acids is 1. The first-order chi connectivity index (χ1) is 15.6. The van der Waals surface area contributed by atoms with Crippen LogP contribution in [0.5, 0.6) is 11.5 Å². The van der Waals surface area contributed by atoms with Gasteiger partial charge in [0.2, 0.25) is 5.91 Å². The molecule has 32 heavy (non-hydrogen) atoms. The molecule has 0 bridgehead atoms. The van der Waals surface area contributed by atoms with Gasteiger partial charge in [-0.05, 0) is 49.1 Å². The van der Waals surface area contributed by atoms with Crippen molar-refractivity contribution in [2.45, 2.75) is 52.0 Å². The van der Waals surface area contributed by atoms with Gasteiger partial charge < -0.3 is 19.4 Å². The number of amides is 1. The minimum atomic E-state index is -0.197. The van der Waals surface area contributed by atoms with Crippen molar-refractivity contribution in [2.75, 3.05) is 20.8 Å². The van der Waals surface area contributed by atoms with Crippen molar-refractivity contribution in [1.82, 2.24) is 9.88 Å². The molecule has 0 aliphatic carbocycles. The summed E-state index contributed by atoms with van der Waals surface area (Å²) in [7, 11) is 3.39. The average molecular weight is 435 g/mol. The summed E-state index contributed by atoms with van der Waals surface area (Å²) in [4.78, 5) is 19.6. The Morgan fingerprint density at radius 3 is 2.53 bits per heavy atom. The van der Waals surface area contributed by atoms with Crippen LogP contribution in [0.3, 0.4) is 0 Å². The second-order valence-electron chi connectivity index (χ2n) is 8.63. The van der Waals surface area contributed by atoms with E-state index >= 15 is 0 Å². The summed E-state index contributed by atoms with van der Waals surface area (Å²) in [6.45, 7) is 5.02. The molecule has 5 nitrogen and oxygen atoms in total. The van der Waals surface area contributed by atoms with E-state index in [4.69, 9.17) is 9.47 Å². The molecule has 1 aromatic heterocycles. The normalized spacial score (nSPS) is 15.8. The molecule has 1 unspecified atom stereocenters. The summed E-state index contributed by atoms with van der Waals surface area (Å²) in [5.41, 5.74) is 4.45. The van der Waals surface area contributed by atoms with Gasteiger partial charge in [0, 0.05) is 34.6 Å². The maximum atomic E-state index is 13.8. The smallest absolute Gasteiger partial charge is 0.226 e. The third kappa shape index (κ3) is 3.96. The molecule has 1 aliphatic heterocycles. The number of aromatic amines is 1. The summed E-state index contributed by atoms with van der Waals surface area (Å²) < 4.78 is 11.2. The molecule has 0 saturated heterocycles. The van der Waals surface area contributed by atoms with Gasteiger partial charge in [0.1, 0.15) is 17.5 Å². The molecule has 1 atom stereocenters. The Morgan fingerprint density at radius 1 is 1.09 bits per heavy atom. The zero-order chi connectivity index (χ0) is 22.7. The number of para-hydroxylation sites is 1. The molecule has 170 valence electrons. The Labute approximate surface area is 190 Å². The van der Waals surface area contributed by atoms with Crippen molar-refractivity contribution in [3.63, 3.8) is 0 Å². The van der Waals surface area contributed by atoms with Crippen molar-refractivity contribution in [1.29, 1.82) is 0 Å². The van der Waals surface area contributed by atoms with Crippen LogP contribution in [-0.2, 0) is 11.2 Å². The van der Waals surface area contributed by atoms with Gasteiger partial charge >= 0.3 is 0 Å². The van der Waals surface area contributed by atoms with Gasteiger partial charge in [-0.2, -0.15) is 0 Å². The Hall–Kier alpha value is -2.95. The highest BCUT2D eigenvalue weighted by atomic mass is 16.5. The maximum absolute atomic E-state index is 13.8. The number of methoxy groups -OCH3 is 2. The summed E-state index contributed by atoms with van der Waals surface area (Å²) in [6.07, 6.45) is 4.71. The largest absolute Gasteiger partial charge is 0.497 e. The predicted octanol–water partition coefficient (Wildman–Crippen LogP) is 5.88. The Bertz CT molecular complexity index is 1080. The number of aromatic nitrogens is 1. The zero-order valence-corrected chi connectivity index (χ0v) is 19.6. The fourth-order valence-corrected chi connectivity index (χ4v) is 5.17. The second-order valence-corrected chi connectivity index (χ2v) is 8.63. The number of benzene rings is 2. The van der Waals surface area contributed by atoms with Gasteiger partial charge in [-0.1, -0.05) is 44.9 Å². The first-order valence-electron chi connectivity index (χ1n) is 11.7. The van der Waals surface area contributed by atoms with E-state index in [0.29, 0.717) is 6.54 Å². The van der Waals surface area contributed by atoms with Gasteiger partial charge in [0.25, 0.3) is 0 Å². The van der Waals surface area contributed by atoms with Crippen LogP contribution in [0.4, 0.5) is 0 Å². The number of nitrogens with one attached hydrogen (secondary N) is 1. The molecule has 2 heterocycles. The number of hydrogen-bond acceptors (Lipinski definition) is 3. The first-order valence-corrected chi connectivity index (χ1v) is 11.7. The molecule has 0 radical (unpaired) electrons. The van der Waals surface area contributed by atoms with Gasteiger partial charge in [0.15, 0.2) is 0 Å². The summed E-state index contributed by atoms with van der Waals surface area (Å²) >= 11 is 0. The van der Waals surface area contributed by atoms with Crippen LogP contribution in [0, 0.1) is 5.92 Å². The van der Waals surface area contributed by atoms with E-state index in [9.17, 15) is 4.79 Å². The van der Waals surface area contributed by atoms with Crippen molar-refractivity contribution < 1.29 is 14.3 Å². The molecule has 0 spiro atoms. The highest BCUT2D eigenvalue weighted by Gasteiger charge is 2.38. The van der Waals surface area contributed by atoms with E-state index in [1.54, 1.807) is 14.2 Å². The van der Waals surface area contributed by atoms with Gasteiger partial charge in [-0.15, -0.1) is 0 Å². The summed E-state index contributed by atoms with van der Waals surface area (Å²) in [5, 5.41) is 1.17. The lowest BCUT2D eigenvalue weighted by molar-refractivity contribution is -0.138. The molecule has 1 amide bonds. The second kappa shape index (κ2) is 9.68. The number of ether oxygens (including phenoxy) is 2. The van der Waals surface area contributed by atoms with Crippen LogP contribution >= 0.6 is 0 Å². The number of fused-ring (bicyclic) bond motifs is 3. The van der Waals surface area contributed by atoms with Crippen LogP contribution < -0.4 is 9.47 Å². The van der Waals surface area contributed by atoms with E-state index in [2.05, 4.69) is 41.9 Å². The van der Waals surface area contributed by atoms with E-state index in [1.165, 1.54) is 10.9 Å². The average Bonchev–Trinajstić information content (AvgIpc) is 3.20. The monoisotopic (exact) mass is 434 g/mol. The zero-order valence-electron chi connectivity index (χ0n) is 19.6. The van der Waals surface area contributed by atoms with Gasteiger partial charge in [-0.25, -0.2) is 0 Å². The molecule has 0 saturated carbocycles. The van der Waals surface area contributed by atoms with E-state index in [-0.39, 0.29) is 17.9 Å². The minimum absolute atomic E-state index is 0.0632. The van der Waals surface area contributed by atoms with Crippen LogP contribution in [0.1, 0.15) is 62.4 Å². The predicted molar refractivity (Wildman–Crippen MR) is 128 cm³/mol. The van der Waals surface area contributed by atoms with E-state index < -0.39 is 0 Å². The van der Waals surface area contributed by atoms with Gasteiger partial charge in [-0.3, -0.25) is 4.79 Å². The van der Waals surface area contributed by atoms with Crippen molar-refractivity contribution in [2.24, 2.45) is 5.92 Å². The number of H-pyrrole nitrogens is 1. The highest BCUT2D eigenvalue weighted by Crippen LogP contribution is 2.43. The first kappa shape index (κ1) is 22.3. The Morgan fingerprint density at radius 2 is 1.84 bits per heavy atom.